The average molecular weight is 274 g/mol. The highest BCUT2D eigenvalue weighted by Gasteiger charge is 2.26. The zero-order chi connectivity index (χ0) is 14.4. The second-order valence-corrected chi connectivity index (χ2v) is 5.00. The van der Waals surface area contributed by atoms with Crippen LogP contribution in [0.25, 0.3) is 0 Å². The van der Waals surface area contributed by atoms with Crippen LogP contribution in [0.1, 0.15) is 13.8 Å². The predicted molar refractivity (Wildman–Crippen MR) is 67.8 cm³/mol. The van der Waals surface area contributed by atoms with Gasteiger partial charge in [0, 0.05) is 13.1 Å². The van der Waals surface area contributed by atoms with Gasteiger partial charge in [0.05, 0.1) is 31.8 Å². The molecule has 0 radical (unpaired) electrons. The van der Waals surface area contributed by atoms with E-state index in [0.717, 1.165) is 0 Å². The molecule has 2 amide bonds. The number of carbonyl (C=O) groups excluding carboxylic acids is 1. The van der Waals surface area contributed by atoms with Gasteiger partial charge in [-0.15, -0.1) is 0 Å². The second kappa shape index (κ2) is 7.30. The number of morpholine rings is 1. The topological polar surface area (TPSA) is 99.1 Å². The van der Waals surface area contributed by atoms with Crippen LogP contribution in [0.4, 0.5) is 4.79 Å². The number of ether oxygens (including phenoxy) is 1. The number of rotatable bonds is 5. The fourth-order valence-electron chi connectivity index (χ4n) is 1.93. The van der Waals surface area contributed by atoms with E-state index in [4.69, 9.17) is 14.9 Å². The van der Waals surface area contributed by atoms with Crippen LogP contribution < -0.4 is 5.32 Å². The van der Waals surface area contributed by atoms with Gasteiger partial charge in [0.15, 0.2) is 0 Å². The average Bonchev–Trinajstić information content (AvgIpc) is 2.38. The number of hydrogen-bond donors (Lipinski definition) is 3. The van der Waals surface area contributed by atoms with Crippen molar-refractivity contribution in [3.05, 3.63) is 0 Å². The van der Waals surface area contributed by atoms with Gasteiger partial charge >= 0.3 is 12.0 Å². The van der Waals surface area contributed by atoms with E-state index >= 15 is 0 Å². The van der Waals surface area contributed by atoms with Crippen LogP contribution in [0.15, 0.2) is 0 Å². The maximum absolute atomic E-state index is 11.9. The summed E-state index contributed by atoms with van der Waals surface area (Å²) in [4.78, 5) is 24.4. The molecule has 1 aliphatic heterocycles. The van der Waals surface area contributed by atoms with E-state index in [2.05, 4.69) is 5.32 Å². The molecule has 7 nitrogen and oxygen atoms in total. The SMILES string of the molecule is CC(C)C(CNC(=O)N1CCOC(CO)C1)C(=O)O. The van der Waals surface area contributed by atoms with Crippen molar-refractivity contribution in [1.82, 2.24) is 10.2 Å². The number of carboxylic acid groups (broad SMARTS) is 1. The Hall–Kier alpha value is -1.34. The van der Waals surface area contributed by atoms with Crippen LogP contribution in [0.3, 0.4) is 0 Å². The summed E-state index contributed by atoms with van der Waals surface area (Å²) in [5.74, 6) is -1.56. The highest BCUT2D eigenvalue weighted by atomic mass is 16.5. The van der Waals surface area contributed by atoms with E-state index in [0.29, 0.717) is 19.7 Å². The number of aliphatic carboxylic acids is 1. The van der Waals surface area contributed by atoms with Gasteiger partial charge in [0.25, 0.3) is 0 Å². The molecule has 0 saturated carbocycles. The van der Waals surface area contributed by atoms with Crippen molar-refractivity contribution in [2.75, 3.05) is 32.8 Å². The first-order valence-electron chi connectivity index (χ1n) is 6.43. The molecule has 7 heteroatoms. The number of nitrogens with one attached hydrogen (secondary N) is 1. The summed E-state index contributed by atoms with van der Waals surface area (Å²) in [6.07, 6.45) is -0.361. The third kappa shape index (κ3) is 4.68. The fourth-order valence-corrected chi connectivity index (χ4v) is 1.93. The highest BCUT2D eigenvalue weighted by Crippen LogP contribution is 2.10. The number of urea groups is 1. The van der Waals surface area contributed by atoms with Crippen molar-refractivity contribution in [2.45, 2.75) is 20.0 Å². The molecule has 1 saturated heterocycles. The third-order valence-electron chi connectivity index (χ3n) is 3.22. The molecule has 0 aromatic carbocycles. The van der Waals surface area contributed by atoms with Crippen LogP contribution in [0.5, 0.6) is 0 Å². The van der Waals surface area contributed by atoms with E-state index in [9.17, 15) is 9.59 Å². The second-order valence-electron chi connectivity index (χ2n) is 5.00. The number of carboxylic acids is 1. The first-order chi connectivity index (χ1) is 8.95. The first kappa shape index (κ1) is 15.7. The van der Waals surface area contributed by atoms with Crippen molar-refractivity contribution in [3.8, 4) is 0 Å². The number of aliphatic hydroxyl groups excluding tert-OH is 1. The van der Waals surface area contributed by atoms with Crippen molar-refractivity contribution >= 4 is 12.0 Å². The zero-order valence-corrected chi connectivity index (χ0v) is 11.3. The molecule has 2 atom stereocenters. The summed E-state index contributed by atoms with van der Waals surface area (Å²) < 4.78 is 5.24. The van der Waals surface area contributed by atoms with E-state index < -0.39 is 11.9 Å². The van der Waals surface area contributed by atoms with Crippen molar-refractivity contribution < 1.29 is 24.5 Å². The van der Waals surface area contributed by atoms with Crippen LogP contribution in [0, 0.1) is 11.8 Å². The molecular weight excluding hydrogens is 252 g/mol. The molecule has 0 bridgehead atoms. The summed E-state index contributed by atoms with van der Waals surface area (Å²) in [6.45, 7) is 4.73. The van der Waals surface area contributed by atoms with Gasteiger partial charge in [-0.25, -0.2) is 4.79 Å². The molecule has 3 N–H and O–H groups in total. The molecule has 1 heterocycles. The molecule has 1 aliphatic rings. The quantitative estimate of drug-likeness (QED) is 0.642. The zero-order valence-electron chi connectivity index (χ0n) is 11.3. The molecular formula is C12H22N2O5. The molecule has 0 aliphatic carbocycles. The fraction of sp³-hybridized carbons (Fsp3) is 0.833. The van der Waals surface area contributed by atoms with Gasteiger partial charge in [0.2, 0.25) is 0 Å². The molecule has 1 fully saturated rings. The summed E-state index contributed by atoms with van der Waals surface area (Å²) in [5.41, 5.74) is 0. The summed E-state index contributed by atoms with van der Waals surface area (Å²) in [6, 6.07) is -0.311. The van der Waals surface area contributed by atoms with Gasteiger partial charge in [-0.3, -0.25) is 4.79 Å². The normalized spacial score (nSPS) is 21.3. The third-order valence-corrected chi connectivity index (χ3v) is 3.22. The number of amides is 2. The Morgan fingerprint density at radius 3 is 2.68 bits per heavy atom. The van der Waals surface area contributed by atoms with Gasteiger partial charge in [0.1, 0.15) is 0 Å². The van der Waals surface area contributed by atoms with Gasteiger partial charge in [-0.1, -0.05) is 13.8 Å². The Morgan fingerprint density at radius 2 is 2.16 bits per heavy atom. The molecule has 2 unspecified atom stereocenters. The first-order valence-corrected chi connectivity index (χ1v) is 6.43. The van der Waals surface area contributed by atoms with Crippen LogP contribution in [-0.4, -0.2) is 66.1 Å². The smallest absolute Gasteiger partial charge is 0.317 e. The lowest BCUT2D eigenvalue weighted by molar-refractivity contribution is -0.142. The summed E-state index contributed by atoms with van der Waals surface area (Å²) in [7, 11) is 0. The minimum Gasteiger partial charge on any atom is -0.481 e. The standard InChI is InChI=1S/C12H22N2O5/c1-8(2)10(11(16)17)5-13-12(18)14-3-4-19-9(6-14)7-15/h8-10,15H,3-7H2,1-2H3,(H,13,18)(H,16,17). The molecule has 1 rings (SSSR count). The van der Waals surface area contributed by atoms with Crippen molar-refractivity contribution in [2.24, 2.45) is 11.8 Å². The largest absolute Gasteiger partial charge is 0.481 e. The van der Waals surface area contributed by atoms with Crippen LogP contribution >= 0.6 is 0 Å². The van der Waals surface area contributed by atoms with E-state index in [1.165, 1.54) is 4.90 Å². The molecule has 0 aromatic heterocycles. The Kier molecular flexibility index (Phi) is 6.04. The summed E-state index contributed by atoms with van der Waals surface area (Å²) in [5, 5.41) is 20.7. The van der Waals surface area contributed by atoms with Crippen molar-refractivity contribution in [3.63, 3.8) is 0 Å². The van der Waals surface area contributed by atoms with E-state index in [1.807, 2.05) is 13.8 Å². The van der Waals surface area contributed by atoms with Crippen LogP contribution in [-0.2, 0) is 9.53 Å². The minimum absolute atomic E-state index is 0.0484. The van der Waals surface area contributed by atoms with Gasteiger partial charge < -0.3 is 25.2 Å². The molecule has 0 aromatic rings. The Balaban J connectivity index is 2.43. The lowest BCUT2D eigenvalue weighted by Crippen LogP contribution is -2.51. The molecule has 19 heavy (non-hydrogen) atoms. The number of aliphatic hydroxyl groups is 1. The lowest BCUT2D eigenvalue weighted by Gasteiger charge is -2.32. The summed E-state index contributed by atoms with van der Waals surface area (Å²) >= 11 is 0. The van der Waals surface area contributed by atoms with Gasteiger partial charge in [-0.05, 0) is 5.92 Å². The van der Waals surface area contributed by atoms with Gasteiger partial charge in [-0.2, -0.15) is 0 Å². The molecule has 0 spiro atoms. The maximum Gasteiger partial charge on any atom is 0.317 e. The number of nitrogens with zero attached hydrogens (tertiary/aromatic N) is 1. The van der Waals surface area contributed by atoms with E-state index in [-0.39, 0.29) is 31.2 Å². The molecule has 110 valence electrons. The Labute approximate surface area is 112 Å². The number of carbonyl (C=O) groups is 2. The lowest BCUT2D eigenvalue weighted by atomic mass is 9.96. The van der Waals surface area contributed by atoms with E-state index in [1.54, 1.807) is 0 Å². The van der Waals surface area contributed by atoms with Crippen LogP contribution in [0.2, 0.25) is 0 Å². The Morgan fingerprint density at radius 1 is 1.47 bits per heavy atom. The minimum atomic E-state index is -0.912. The Bertz CT molecular complexity index is 321. The number of hydrogen-bond acceptors (Lipinski definition) is 4. The monoisotopic (exact) mass is 274 g/mol. The highest BCUT2D eigenvalue weighted by molar-refractivity contribution is 5.76. The van der Waals surface area contributed by atoms with Crippen molar-refractivity contribution in [1.29, 1.82) is 0 Å². The maximum atomic E-state index is 11.9. The predicted octanol–water partition coefficient (Wildman–Crippen LogP) is -0.254.